The van der Waals surface area contributed by atoms with Crippen molar-refractivity contribution in [1.29, 1.82) is 0 Å². The zero-order chi connectivity index (χ0) is 19.4. The van der Waals surface area contributed by atoms with E-state index in [1.54, 1.807) is 43.3 Å². The highest BCUT2D eigenvalue weighted by molar-refractivity contribution is 5.94. The molecule has 0 aromatic heterocycles. The molecular weight excluding hydrogens is 343 g/mol. The molecule has 0 heterocycles. The molecule has 0 unspecified atom stereocenters. The number of halogens is 1. The van der Waals surface area contributed by atoms with Crippen LogP contribution in [0.2, 0.25) is 0 Å². The fourth-order valence-electron chi connectivity index (χ4n) is 3.99. The number of nitrogens with one attached hydrogen (secondary N) is 1. The zero-order valence-corrected chi connectivity index (χ0v) is 15.8. The summed E-state index contributed by atoms with van der Waals surface area (Å²) in [5, 5.41) is 2.59. The number of benzene rings is 2. The van der Waals surface area contributed by atoms with Gasteiger partial charge in [-0.25, -0.2) is 4.39 Å². The van der Waals surface area contributed by atoms with Gasteiger partial charge in [-0.15, -0.1) is 0 Å². The predicted octanol–water partition coefficient (Wildman–Crippen LogP) is 3.66. The molecule has 0 spiro atoms. The van der Waals surface area contributed by atoms with Crippen LogP contribution in [0.1, 0.15) is 47.2 Å². The summed E-state index contributed by atoms with van der Waals surface area (Å²) in [6.07, 6.45) is 3.57. The number of hydrogen-bond acceptors (Lipinski definition) is 2. The zero-order valence-electron chi connectivity index (χ0n) is 15.8. The van der Waals surface area contributed by atoms with Crippen LogP contribution in [0.4, 0.5) is 4.39 Å². The number of hydrogen-bond donors (Lipinski definition) is 1. The monoisotopic (exact) mass is 368 g/mol. The molecule has 2 amide bonds. The molecule has 142 valence electrons. The highest BCUT2D eigenvalue weighted by Crippen LogP contribution is 2.42. The van der Waals surface area contributed by atoms with Gasteiger partial charge in [0.15, 0.2) is 0 Å². The van der Waals surface area contributed by atoms with Crippen molar-refractivity contribution in [1.82, 2.24) is 10.2 Å². The third kappa shape index (κ3) is 3.87. The molecule has 0 atom stereocenters. The Morgan fingerprint density at radius 3 is 2.19 bits per heavy atom. The lowest BCUT2D eigenvalue weighted by Gasteiger charge is -2.33. The average molecular weight is 368 g/mol. The van der Waals surface area contributed by atoms with Crippen LogP contribution in [-0.4, -0.2) is 30.8 Å². The summed E-state index contributed by atoms with van der Waals surface area (Å²) in [5.74, 6) is -0.349. The van der Waals surface area contributed by atoms with Gasteiger partial charge in [-0.1, -0.05) is 37.1 Å². The highest BCUT2D eigenvalue weighted by Gasteiger charge is 2.44. The van der Waals surface area contributed by atoms with E-state index in [9.17, 15) is 14.0 Å². The lowest BCUT2D eigenvalue weighted by molar-refractivity contribution is -0.136. The summed E-state index contributed by atoms with van der Waals surface area (Å²) in [7, 11) is 3.40. The fourth-order valence-corrected chi connectivity index (χ4v) is 3.99. The van der Waals surface area contributed by atoms with Gasteiger partial charge in [0.1, 0.15) is 5.82 Å². The smallest absolute Gasteiger partial charge is 0.251 e. The lowest BCUT2D eigenvalue weighted by Crippen LogP contribution is -2.43. The number of carbonyl (C=O) groups is 2. The van der Waals surface area contributed by atoms with Crippen LogP contribution in [0.5, 0.6) is 0 Å². The Kier molecular flexibility index (Phi) is 5.59. The Balaban J connectivity index is 1.78. The molecule has 1 N–H and O–H groups in total. The van der Waals surface area contributed by atoms with Crippen molar-refractivity contribution >= 4 is 11.8 Å². The minimum Gasteiger partial charge on any atom is -0.355 e. The molecule has 0 radical (unpaired) electrons. The minimum absolute atomic E-state index is 0.0713. The topological polar surface area (TPSA) is 49.4 Å². The van der Waals surface area contributed by atoms with E-state index >= 15 is 0 Å². The third-order valence-electron chi connectivity index (χ3n) is 5.47. The van der Waals surface area contributed by atoms with Crippen LogP contribution in [0.3, 0.4) is 0 Å². The molecule has 1 aliphatic carbocycles. The third-order valence-corrected chi connectivity index (χ3v) is 5.47. The highest BCUT2D eigenvalue weighted by atomic mass is 19.1. The van der Waals surface area contributed by atoms with Gasteiger partial charge in [-0.05, 0) is 48.2 Å². The van der Waals surface area contributed by atoms with Gasteiger partial charge >= 0.3 is 0 Å². The first-order valence-corrected chi connectivity index (χ1v) is 9.29. The molecule has 27 heavy (non-hydrogen) atoms. The van der Waals surface area contributed by atoms with Crippen LogP contribution < -0.4 is 5.32 Å². The second kappa shape index (κ2) is 7.91. The van der Waals surface area contributed by atoms with Crippen molar-refractivity contribution < 1.29 is 14.0 Å². The maximum Gasteiger partial charge on any atom is 0.251 e. The van der Waals surface area contributed by atoms with Crippen molar-refractivity contribution in [3.8, 4) is 0 Å². The lowest BCUT2D eigenvalue weighted by atomic mass is 9.77. The molecule has 1 aliphatic rings. The van der Waals surface area contributed by atoms with Gasteiger partial charge in [0.25, 0.3) is 5.91 Å². The van der Waals surface area contributed by atoms with Gasteiger partial charge in [0.2, 0.25) is 5.91 Å². The van der Waals surface area contributed by atoms with Crippen molar-refractivity contribution in [3.05, 3.63) is 71.0 Å². The van der Waals surface area contributed by atoms with E-state index in [0.29, 0.717) is 12.1 Å². The molecule has 0 aliphatic heterocycles. The molecule has 0 saturated heterocycles. The number of amides is 2. The van der Waals surface area contributed by atoms with Crippen molar-refractivity contribution in [2.45, 2.75) is 37.6 Å². The Labute approximate surface area is 159 Å². The summed E-state index contributed by atoms with van der Waals surface area (Å²) < 4.78 is 13.3. The van der Waals surface area contributed by atoms with E-state index in [-0.39, 0.29) is 17.6 Å². The van der Waals surface area contributed by atoms with E-state index in [1.165, 1.54) is 12.1 Å². The van der Waals surface area contributed by atoms with Crippen LogP contribution in [0, 0.1) is 5.82 Å². The first-order chi connectivity index (χ1) is 13.0. The normalized spacial score (nSPS) is 15.4. The molecular formula is C22H25FN2O2. The minimum atomic E-state index is -0.565. The van der Waals surface area contributed by atoms with E-state index in [4.69, 9.17) is 0 Å². The van der Waals surface area contributed by atoms with E-state index < -0.39 is 5.41 Å². The Bertz CT molecular complexity index is 809. The quantitative estimate of drug-likeness (QED) is 0.876. The molecule has 1 saturated carbocycles. The van der Waals surface area contributed by atoms with Crippen LogP contribution in [-0.2, 0) is 16.8 Å². The maximum absolute atomic E-state index is 13.3. The summed E-state index contributed by atoms with van der Waals surface area (Å²) in [6.45, 7) is 0.468. The van der Waals surface area contributed by atoms with Crippen molar-refractivity contribution in [3.63, 3.8) is 0 Å². The molecule has 1 fully saturated rings. The van der Waals surface area contributed by atoms with Gasteiger partial charge in [0.05, 0.1) is 5.41 Å². The Morgan fingerprint density at radius 1 is 1.04 bits per heavy atom. The average Bonchev–Trinajstić information content (AvgIpc) is 3.19. The maximum atomic E-state index is 13.3. The predicted molar refractivity (Wildman–Crippen MR) is 103 cm³/mol. The molecule has 5 heteroatoms. The van der Waals surface area contributed by atoms with E-state index in [0.717, 1.165) is 36.8 Å². The van der Waals surface area contributed by atoms with Crippen LogP contribution in [0.15, 0.2) is 48.5 Å². The van der Waals surface area contributed by atoms with Crippen LogP contribution in [0.25, 0.3) is 0 Å². The number of rotatable bonds is 5. The van der Waals surface area contributed by atoms with Crippen LogP contribution >= 0.6 is 0 Å². The summed E-state index contributed by atoms with van der Waals surface area (Å²) >= 11 is 0. The number of likely N-dealkylation sites (N-methyl/N-ethyl adjacent to an activating group) is 1. The van der Waals surface area contributed by atoms with Gasteiger partial charge < -0.3 is 10.2 Å². The van der Waals surface area contributed by atoms with Crippen molar-refractivity contribution in [2.24, 2.45) is 0 Å². The Morgan fingerprint density at radius 2 is 1.63 bits per heavy atom. The standard InChI is InChI=1S/C22H25FN2O2/c1-24-20(26)17-7-5-16(6-8-17)15-25(2)21(27)22(13-3-4-14-22)18-9-11-19(23)12-10-18/h5-12H,3-4,13-15H2,1-2H3,(H,24,26). The molecule has 2 aromatic carbocycles. The first kappa shape index (κ1) is 19.1. The SMILES string of the molecule is CNC(=O)c1ccc(CN(C)C(=O)C2(c3ccc(F)cc3)CCCC2)cc1. The molecule has 4 nitrogen and oxygen atoms in total. The molecule has 3 rings (SSSR count). The van der Waals surface area contributed by atoms with E-state index in [1.807, 2.05) is 12.1 Å². The Hall–Kier alpha value is -2.69. The number of carbonyl (C=O) groups excluding carboxylic acids is 2. The second-order valence-electron chi connectivity index (χ2n) is 7.23. The van der Waals surface area contributed by atoms with E-state index in [2.05, 4.69) is 5.32 Å². The summed E-state index contributed by atoms with van der Waals surface area (Å²) in [6, 6.07) is 13.6. The largest absolute Gasteiger partial charge is 0.355 e. The fraction of sp³-hybridized carbons (Fsp3) is 0.364. The van der Waals surface area contributed by atoms with Crippen molar-refractivity contribution in [2.75, 3.05) is 14.1 Å². The molecule has 2 aromatic rings. The summed E-state index contributed by atoms with van der Waals surface area (Å²) in [5.41, 5.74) is 1.89. The van der Waals surface area contributed by atoms with Gasteiger partial charge in [-0.2, -0.15) is 0 Å². The summed E-state index contributed by atoms with van der Waals surface area (Å²) in [4.78, 5) is 26.7. The van der Waals surface area contributed by atoms with Gasteiger partial charge in [-0.3, -0.25) is 9.59 Å². The number of nitrogens with zero attached hydrogens (tertiary/aromatic N) is 1. The first-order valence-electron chi connectivity index (χ1n) is 9.29. The molecule has 0 bridgehead atoms. The second-order valence-corrected chi connectivity index (χ2v) is 7.23. The van der Waals surface area contributed by atoms with Gasteiger partial charge in [0, 0.05) is 26.2 Å².